The van der Waals surface area contributed by atoms with E-state index in [0.29, 0.717) is 0 Å². The highest BCUT2D eigenvalue weighted by Crippen LogP contribution is 2.18. The summed E-state index contributed by atoms with van der Waals surface area (Å²) >= 11 is 0. The first-order chi connectivity index (χ1) is 7.15. The number of benzene rings is 1. The maximum absolute atomic E-state index is 5.91. The molecule has 1 nitrogen and oxygen atoms in total. The van der Waals surface area contributed by atoms with Crippen LogP contribution in [0.2, 0.25) is 13.1 Å². The fraction of sp³-hybridized carbons (Fsp3) is 0.231. The molecule has 0 bridgehead atoms. The molecule has 2 heteroatoms. The van der Waals surface area contributed by atoms with Gasteiger partial charge in [0.2, 0.25) is 0 Å². The van der Waals surface area contributed by atoms with Crippen LogP contribution in [0.5, 0.6) is 0 Å². The van der Waals surface area contributed by atoms with Crippen molar-refractivity contribution in [3.05, 3.63) is 47.7 Å². The van der Waals surface area contributed by atoms with E-state index in [0.717, 1.165) is 17.7 Å². The molecule has 0 spiro atoms. The van der Waals surface area contributed by atoms with Crippen molar-refractivity contribution < 1.29 is 0 Å². The van der Waals surface area contributed by atoms with Gasteiger partial charge in [0.05, 0.1) is 8.80 Å². The van der Waals surface area contributed by atoms with E-state index in [2.05, 4.69) is 31.8 Å². The summed E-state index contributed by atoms with van der Waals surface area (Å²) in [5, 5.41) is 1.47. The fourth-order valence-electron chi connectivity index (χ4n) is 1.39. The monoisotopic (exact) mass is 216 g/mol. The highest BCUT2D eigenvalue weighted by Gasteiger charge is 2.04. The molecule has 0 amide bonds. The number of hydrogen-bond donors (Lipinski definition) is 1. The predicted molar refractivity (Wildman–Crippen MR) is 71.1 cm³/mol. The Bertz CT molecular complexity index is 367. The molecule has 0 aromatic heterocycles. The second-order valence-corrected chi connectivity index (χ2v) is 6.43. The van der Waals surface area contributed by atoms with Gasteiger partial charge in [0.25, 0.3) is 0 Å². The number of hydrogen-bond acceptors (Lipinski definition) is 1. The number of rotatable bonds is 4. The number of nitrogens with two attached hydrogens (primary N) is 1. The van der Waals surface area contributed by atoms with Gasteiger partial charge in [-0.15, -0.1) is 6.58 Å². The van der Waals surface area contributed by atoms with Crippen molar-refractivity contribution in [1.29, 1.82) is 0 Å². The molecule has 0 aliphatic rings. The van der Waals surface area contributed by atoms with Crippen LogP contribution in [0.1, 0.15) is 12.0 Å². The van der Waals surface area contributed by atoms with Crippen molar-refractivity contribution in [3.8, 4) is 0 Å². The van der Waals surface area contributed by atoms with Crippen molar-refractivity contribution in [2.45, 2.75) is 19.5 Å². The molecule has 1 aromatic rings. The first-order valence-electron chi connectivity index (χ1n) is 5.11. The number of nitrogen functional groups attached to an aromatic ring is 1. The molecule has 1 radical (unpaired) electrons. The van der Waals surface area contributed by atoms with Crippen LogP contribution < -0.4 is 5.73 Å². The Morgan fingerprint density at radius 2 is 2.07 bits per heavy atom. The zero-order valence-electron chi connectivity index (χ0n) is 9.46. The Labute approximate surface area is 93.9 Å². The summed E-state index contributed by atoms with van der Waals surface area (Å²) in [7, 11) is -0.415. The number of para-hydroxylation sites is 1. The van der Waals surface area contributed by atoms with Gasteiger partial charge in [-0.2, -0.15) is 0 Å². The molecule has 2 N–H and O–H groups in total. The van der Waals surface area contributed by atoms with Crippen molar-refractivity contribution >= 4 is 20.6 Å². The van der Waals surface area contributed by atoms with Gasteiger partial charge in [0.15, 0.2) is 0 Å². The van der Waals surface area contributed by atoms with Crippen molar-refractivity contribution in [1.82, 2.24) is 0 Å². The zero-order valence-corrected chi connectivity index (χ0v) is 10.5. The standard InChI is InChI=1S/C13H18NSi/c1-4-7-12(15(2)3)10-11-8-5-6-9-13(11)14/h4-6,8-10H,1,7,14H2,2-3H3. The Balaban J connectivity index is 3.01. The van der Waals surface area contributed by atoms with Crippen LogP contribution in [-0.2, 0) is 0 Å². The summed E-state index contributed by atoms with van der Waals surface area (Å²) < 4.78 is 0. The van der Waals surface area contributed by atoms with E-state index in [4.69, 9.17) is 5.73 Å². The van der Waals surface area contributed by atoms with Gasteiger partial charge >= 0.3 is 0 Å². The number of allylic oxidation sites excluding steroid dienone is 2. The van der Waals surface area contributed by atoms with Crippen LogP contribution in [-0.4, -0.2) is 8.80 Å². The maximum atomic E-state index is 5.91. The third-order valence-corrected chi connectivity index (χ3v) is 3.97. The fourth-order valence-corrected chi connectivity index (χ4v) is 2.39. The summed E-state index contributed by atoms with van der Waals surface area (Å²) in [6.07, 6.45) is 5.14. The molecule has 0 atom stereocenters. The van der Waals surface area contributed by atoms with Crippen LogP contribution in [0.3, 0.4) is 0 Å². The molecule has 1 aromatic carbocycles. The van der Waals surface area contributed by atoms with E-state index in [9.17, 15) is 0 Å². The largest absolute Gasteiger partial charge is 0.398 e. The van der Waals surface area contributed by atoms with E-state index in [1.54, 1.807) is 0 Å². The van der Waals surface area contributed by atoms with Crippen molar-refractivity contribution in [2.75, 3.05) is 5.73 Å². The van der Waals surface area contributed by atoms with Crippen molar-refractivity contribution in [3.63, 3.8) is 0 Å². The minimum Gasteiger partial charge on any atom is -0.398 e. The molecule has 1 rings (SSSR count). The third kappa shape index (κ3) is 3.40. The van der Waals surface area contributed by atoms with Gasteiger partial charge in [-0.25, -0.2) is 0 Å². The Morgan fingerprint density at radius 1 is 1.40 bits per heavy atom. The average molecular weight is 216 g/mol. The molecule has 15 heavy (non-hydrogen) atoms. The second kappa shape index (κ2) is 5.56. The molecule has 0 saturated heterocycles. The molecule has 0 unspecified atom stereocenters. The Hall–Kier alpha value is -1.28. The molecule has 0 aliphatic heterocycles. The predicted octanol–water partition coefficient (Wildman–Crippen LogP) is 3.52. The SMILES string of the molecule is C=CCC(=Cc1ccccc1N)[Si](C)C. The van der Waals surface area contributed by atoms with Crippen LogP contribution in [0.4, 0.5) is 5.69 Å². The highest BCUT2D eigenvalue weighted by atomic mass is 28.3. The van der Waals surface area contributed by atoms with Crippen LogP contribution >= 0.6 is 0 Å². The topological polar surface area (TPSA) is 26.0 Å². The molecule has 79 valence electrons. The van der Waals surface area contributed by atoms with E-state index < -0.39 is 8.80 Å². The quantitative estimate of drug-likeness (QED) is 0.465. The van der Waals surface area contributed by atoms with Gasteiger partial charge in [0.1, 0.15) is 0 Å². The first kappa shape index (κ1) is 11.8. The van der Waals surface area contributed by atoms with Gasteiger partial charge in [-0.3, -0.25) is 0 Å². The van der Waals surface area contributed by atoms with E-state index in [-0.39, 0.29) is 0 Å². The molecular weight excluding hydrogens is 198 g/mol. The van der Waals surface area contributed by atoms with E-state index in [1.165, 1.54) is 5.20 Å². The van der Waals surface area contributed by atoms with Gasteiger partial charge in [-0.05, 0) is 18.1 Å². The van der Waals surface area contributed by atoms with Crippen LogP contribution in [0, 0.1) is 0 Å². The summed E-state index contributed by atoms with van der Waals surface area (Å²) in [5.41, 5.74) is 7.88. The molecule has 0 heterocycles. The summed E-state index contributed by atoms with van der Waals surface area (Å²) in [6.45, 7) is 8.37. The number of anilines is 1. The lowest BCUT2D eigenvalue weighted by Crippen LogP contribution is -2.05. The lowest BCUT2D eigenvalue weighted by molar-refractivity contribution is 1.35. The molecule has 0 fully saturated rings. The lowest BCUT2D eigenvalue weighted by Gasteiger charge is -2.08. The first-order valence-corrected chi connectivity index (χ1v) is 7.61. The molecular formula is C13H18NSi. The van der Waals surface area contributed by atoms with Gasteiger partial charge in [-0.1, -0.05) is 48.6 Å². The van der Waals surface area contributed by atoms with Crippen molar-refractivity contribution in [2.24, 2.45) is 0 Å². The smallest absolute Gasteiger partial charge is 0.0741 e. The molecule has 0 saturated carbocycles. The zero-order chi connectivity index (χ0) is 11.3. The normalized spacial score (nSPS) is 11.8. The second-order valence-electron chi connectivity index (χ2n) is 3.79. The van der Waals surface area contributed by atoms with Gasteiger partial charge < -0.3 is 5.73 Å². The highest BCUT2D eigenvalue weighted by molar-refractivity contribution is 6.64. The Kier molecular flexibility index (Phi) is 4.37. The van der Waals surface area contributed by atoms with Gasteiger partial charge in [0, 0.05) is 5.69 Å². The third-order valence-electron chi connectivity index (χ3n) is 2.33. The average Bonchev–Trinajstić information content (AvgIpc) is 2.20. The molecule has 0 aliphatic carbocycles. The van der Waals surface area contributed by atoms with E-state index in [1.807, 2.05) is 24.3 Å². The van der Waals surface area contributed by atoms with Crippen LogP contribution in [0.15, 0.2) is 42.1 Å². The Morgan fingerprint density at radius 3 is 2.60 bits per heavy atom. The maximum Gasteiger partial charge on any atom is 0.0741 e. The minimum atomic E-state index is -0.415. The van der Waals surface area contributed by atoms with Crippen LogP contribution in [0.25, 0.3) is 6.08 Å². The summed E-state index contributed by atoms with van der Waals surface area (Å²) in [4.78, 5) is 0. The minimum absolute atomic E-state index is 0.415. The summed E-state index contributed by atoms with van der Waals surface area (Å²) in [5.74, 6) is 0. The van der Waals surface area contributed by atoms with E-state index >= 15 is 0 Å². The summed E-state index contributed by atoms with van der Waals surface area (Å²) in [6, 6.07) is 7.98. The lowest BCUT2D eigenvalue weighted by atomic mass is 10.1.